The van der Waals surface area contributed by atoms with E-state index in [9.17, 15) is 0 Å². The van der Waals surface area contributed by atoms with Crippen molar-refractivity contribution in [3.8, 4) is 11.1 Å². The average Bonchev–Trinajstić information content (AvgIpc) is 3.40. The number of rotatable bonds is 18. The third-order valence-corrected chi connectivity index (χ3v) is 15.3. The molecule has 3 aliphatic rings. The Morgan fingerprint density at radius 2 is 1.05 bits per heavy atom. The van der Waals surface area contributed by atoms with Crippen molar-refractivity contribution < 1.29 is 0 Å². The lowest BCUT2D eigenvalue weighted by Gasteiger charge is -2.37. The zero-order chi connectivity index (χ0) is 44.9. The van der Waals surface area contributed by atoms with Crippen LogP contribution in [0.1, 0.15) is 127 Å². The van der Waals surface area contributed by atoms with Gasteiger partial charge in [0.15, 0.2) is 0 Å². The summed E-state index contributed by atoms with van der Waals surface area (Å²) in [6.45, 7) is 11.7. The Balaban J connectivity index is 1.14. The van der Waals surface area contributed by atoms with E-state index in [4.69, 9.17) is 0 Å². The van der Waals surface area contributed by atoms with Crippen LogP contribution in [0.2, 0.25) is 0 Å². The molecule has 3 aliphatic carbocycles. The van der Waals surface area contributed by atoms with Crippen LogP contribution in [0.3, 0.4) is 0 Å². The Morgan fingerprint density at radius 3 is 1.58 bits per heavy atom. The summed E-state index contributed by atoms with van der Waals surface area (Å²) in [6.07, 6.45) is 27.7. The number of allylic oxidation sites excluding steroid dienone is 5. The molecule has 0 aliphatic heterocycles. The van der Waals surface area contributed by atoms with Crippen LogP contribution in [0.25, 0.3) is 11.1 Å². The van der Waals surface area contributed by atoms with Gasteiger partial charge in [-0.3, -0.25) is 0 Å². The van der Waals surface area contributed by atoms with Crippen LogP contribution in [0.15, 0.2) is 182 Å². The molecule has 0 saturated carbocycles. The highest BCUT2D eigenvalue weighted by atomic mass is 15.2. The van der Waals surface area contributed by atoms with Gasteiger partial charge in [0.2, 0.25) is 0 Å². The van der Waals surface area contributed by atoms with E-state index < -0.39 is 0 Å². The molecule has 2 heteroatoms. The highest BCUT2D eigenvalue weighted by Crippen LogP contribution is 2.57. The first kappa shape index (κ1) is 44.3. The number of benzene rings is 6. The Hall–Kier alpha value is -5.86. The van der Waals surface area contributed by atoms with E-state index in [1.54, 1.807) is 11.1 Å². The van der Waals surface area contributed by atoms with Crippen LogP contribution < -0.4 is 9.80 Å². The molecule has 0 saturated heterocycles. The van der Waals surface area contributed by atoms with Crippen LogP contribution in [0.4, 0.5) is 28.4 Å². The SMILES string of the molecule is CCCCCCC1(CCCCCCc2ccc3c(c2)CC3)c2cc(N(C3=CC=CC(C)(C(C)(C)C)C=C3)c3ccccc3)ccc2-c2ccc(N(c3ccccc3)c3ccccc3)cc21. The zero-order valence-corrected chi connectivity index (χ0v) is 39.8. The van der Waals surface area contributed by atoms with Crippen molar-refractivity contribution in [2.45, 2.75) is 124 Å². The normalized spacial score (nSPS) is 18.3. The molecule has 2 nitrogen and oxygen atoms in total. The zero-order valence-electron chi connectivity index (χ0n) is 39.8. The van der Waals surface area contributed by atoms with Gasteiger partial charge in [-0.05, 0) is 156 Å². The Kier molecular flexibility index (Phi) is 13.2. The lowest BCUT2D eigenvalue weighted by atomic mass is 9.68. The second-order valence-electron chi connectivity index (χ2n) is 20.4. The summed E-state index contributed by atoms with van der Waals surface area (Å²) in [5.74, 6) is 0. The third-order valence-electron chi connectivity index (χ3n) is 15.3. The molecule has 9 rings (SSSR count). The number of nitrogens with zero attached hydrogens (tertiary/aromatic N) is 2. The predicted molar refractivity (Wildman–Crippen MR) is 279 cm³/mol. The summed E-state index contributed by atoms with van der Waals surface area (Å²) >= 11 is 0. The van der Waals surface area contributed by atoms with Gasteiger partial charge >= 0.3 is 0 Å². The van der Waals surface area contributed by atoms with Crippen molar-refractivity contribution in [2.75, 3.05) is 9.80 Å². The first-order valence-corrected chi connectivity index (χ1v) is 24.9. The van der Waals surface area contributed by atoms with E-state index in [0.717, 1.165) is 12.8 Å². The molecule has 0 bridgehead atoms. The molecular weight excluding hydrogens is 785 g/mol. The summed E-state index contributed by atoms with van der Waals surface area (Å²) in [6, 6.07) is 55.0. The monoisotopic (exact) mass is 855 g/mol. The summed E-state index contributed by atoms with van der Waals surface area (Å²) in [4.78, 5) is 4.95. The molecule has 6 aromatic rings. The van der Waals surface area contributed by atoms with Gasteiger partial charge in [-0.2, -0.15) is 0 Å². The first-order valence-electron chi connectivity index (χ1n) is 24.9. The number of unbranched alkanes of at least 4 members (excludes halogenated alkanes) is 6. The largest absolute Gasteiger partial charge is 0.311 e. The van der Waals surface area contributed by atoms with E-state index in [1.165, 1.54) is 133 Å². The molecule has 0 aromatic heterocycles. The van der Waals surface area contributed by atoms with Crippen LogP contribution in [0.5, 0.6) is 0 Å². The fourth-order valence-electron chi connectivity index (χ4n) is 10.8. The van der Waals surface area contributed by atoms with Gasteiger partial charge in [-0.15, -0.1) is 0 Å². The number of anilines is 5. The molecule has 6 aromatic carbocycles. The molecule has 2 unspecified atom stereocenters. The molecule has 2 atom stereocenters. The standard InChI is InChI=1S/C63H70N2/c1-6-7-8-21-42-63(43-22-10-9-14-24-48-32-33-49-34-35-50(49)45-48)59-46-55(64(51-25-15-11-16-26-51)52-27-17-12-18-28-52)36-38-57(59)58-39-37-56(47-60(58)63)65(53-29-19-13-20-30-53)54-31-23-41-62(5,44-40-54)61(2,3)4/h11-13,15-20,23,25-33,36-41,44-47H,6-10,14,21-22,24,34-35,42-43H2,1-5H3. The smallest absolute Gasteiger partial charge is 0.0465 e. The van der Waals surface area contributed by atoms with Crippen LogP contribution in [-0.2, 0) is 24.7 Å². The molecule has 332 valence electrons. The van der Waals surface area contributed by atoms with Gasteiger partial charge < -0.3 is 9.80 Å². The summed E-state index contributed by atoms with van der Waals surface area (Å²) in [7, 11) is 0. The van der Waals surface area contributed by atoms with Crippen molar-refractivity contribution in [1.82, 2.24) is 0 Å². The van der Waals surface area contributed by atoms with Gasteiger partial charge in [0.1, 0.15) is 0 Å². The van der Waals surface area contributed by atoms with Gasteiger partial charge in [0.25, 0.3) is 0 Å². The Labute approximate surface area is 391 Å². The number of para-hydroxylation sites is 3. The molecule has 0 N–H and O–H groups in total. The minimum absolute atomic E-state index is 0.0757. The fourth-order valence-corrected chi connectivity index (χ4v) is 10.8. The van der Waals surface area contributed by atoms with E-state index in [2.05, 4.69) is 220 Å². The number of hydrogen-bond acceptors (Lipinski definition) is 2. The Morgan fingerprint density at radius 1 is 0.508 bits per heavy atom. The predicted octanol–water partition coefficient (Wildman–Crippen LogP) is 17.9. The fraction of sp³-hybridized carbons (Fsp3) is 0.333. The highest BCUT2D eigenvalue weighted by Gasteiger charge is 2.43. The number of aryl methyl sites for hydroxylation is 3. The first-order chi connectivity index (χ1) is 31.7. The second kappa shape index (κ2) is 19.3. The van der Waals surface area contributed by atoms with Crippen molar-refractivity contribution in [3.63, 3.8) is 0 Å². The molecule has 0 spiro atoms. The van der Waals surface area contributed by atoms with Crippen molar-refractivity contribution in [2.24, 2.45) is 10.8 Å². The lowest BCUT2D eigenvalue weighted by molar-refractivity contribution is 0.228. The topological polar surface area (TPSA) is 6.48 Å². The maximum absolute atomic E-state index is 2.60. The summed E-state index contributed by atoms with van der Waals surface area (Å²) < 4.78 is 0. The van der Waals surface area contributed by atoms with Gasteiger partial charge in [0.05, 0.1) is 0 Å². The number of fused-ring (bicyclic) bond motifs is 4. The van der Waals surface area contributed by atoms with Crippen LogP contribution in [-0.4, -0.2) is 0 Å². The molecule has 0 heterocycles. The number of hydrogen-bond donors (Lipinski definition) is 0. The third kappa shape index (κ3) is 9.20. The average molecular weight is 855 g/mol. The lowest BCUT2D eigenvalue weighted by Crippen LogP contribution is -2.28. The van der Waals surface area contributed by atoms with E-state index >= 15 is 0 Å². The van der Waals surface area contributed by atoms with Crippen molar-refractivity contribution >= 4 is 28.4 Å². The van der Waals surface area contributed by atoms with Gasteiger partial charge in [-0.25, -0.2) is 0 Å². The molecule has 0 fully saturated rings. The molecule has 65 heavy (non-hydrogen) atoms. The maximum atomic E-state index is 2.60. The minimum atomic E-state index is -0.119. The Bertz CT molecular complexity index is 2610. The highest BCUT2D eigenvalue weighted by molar-refractivity contribution is 5.88. The summed E-state index contributed by atoms with van der Waals surface area (Å²) in [5, 5.41) is 0. The van der Waals surface area contributed by atoms with Crippen molar-refractivity contribution in [1.29, 1.82) is 0 Å². The van der Waals surface area contributed by atoms with Gasteiger partial charge in [0, 0.05) is 45.0 Å². The molecular formula is C63H70N2. The maximum Gasteiger partial charge on any atom is 0.0465 e. The van der Waals surface area contributed by atoms with E-state index in [-0.39, 0.29) is 16.2 Å². The molecule has 0 amide bonds. The summed E-state index contributed by atoms with van der Waals surface area (Å²) in [5.41, 5.74) is 17.5. The quantitative estimate of drug-likeness (QED) is 0.0795. The van der Waals surface area contributed by atoms with E-state index in [1.807, 2.05) is 0 Å². The minimum Gasteiger partial charge on any atom is -0.311 e. The second-order valence-corrected chi connectivity index (χ2v) is 20.4. The van der Waals surface area contributed by atoms with Crippen LogP contribution >= 0.6 is 0 Å². The van der Waals surface area contributed by atoms with E-state index in [0.29, 0.717) is 0 Å². The van der Waals surface area contributed by atoms with Crippen molar-refractivity contribution in [3.05, 3.63) is 209 Å². The van der Waals surface area contributed by atoms with Gasteiger partial charge in [-0.1, -0.05) is 183 Å². The van der Waals surface area contributed by atoms with Crippen LogP contribution in [0, 0.1) is 10.8 Å². The molecule has 0 radical (unpaired) electrons.